The van der Waals surface area contributed by atoms with Crippen molar-refractivity contribution in [2.75, 3.05) is 13.7 Å². The molecule has 0 bridgehead atoms. The molecule has 0 aromatic carbocycles. The predicted octanol–water partition coefficient (Wildman–Crippen LogP) is 1.60. The van der Waals surface area contributed by atoms with Crippen LogP contribution in [0, 0.1) is 0 Å². The van der Waals surface area contributed by atoms with E-state index in [2.05, 4.69) is 0 Å². The van der Waals surface area contributed by atoms with Gasteiger partial charge in [0.1, 0.15) is 11.6 Å². The Morgan fingerprint density at radius 1 is 1.29 bits per heavy atom. The van der Waals surface area contributed by atoms with Gasteiger partial charge in [-0.2, -0.15) is 0 Å². The van der Waals surface area contributed by atoms with Crippen molar-refractivity contribution in [2.24, 2.45) is 0 Å². The summed E-state index contributed by atoms with van der Waals surface area (Å²) in [5, 5.41) is 0. The lowest BCUT2D eigenvalue weighted by Crippen LogP contribution is -2.46. The smallest absolute Gasteiger partial charge is 0.410 e. The van der Waals surface area contributed by atoms with Crippen LogP contribution in [0.1, 0.15) is 34.1 Å². The lowest BCUT2D eigenvalue weighted by Gasteiger charge is -2.28. The van der Waals surface area contributed by atoms with E-state index < -0.39 is 17.7 Å². The van der Waals surface area contributed by atoms with E-state index in [1.807, 2.05) is 0 Å². The largest absolute Gasteiger partial charge is 0.444 e. The van der Waals surface area contributed by atoms with Crippen LogP contribution >= 0.6 is 0 Å². The highest BCUT2D eigenvalue weighted by Gasteiger charge is 2.41. The monoisotopic (exact) mass is 243 g/mol. The van der Waals surface area contributed by atoms with Crippen molar-refractivity contribution in [3.05, 3.63) is 0 Å². The molecule has 0 saturated carbocycles. The summed E-state index contributed by atoms with van der Waals surface area (Å²) in [6.07, 6.45) is -0.00254. The molecule has 1 aliphatic rings. The van der Waals surface area contributed by atoms with E-state index in [9.17, 15) is 9.59 Å². The van der Waals surface area contributed by atoms with Crippen LogP contribution in [0.5, 0.6) is 0 Å². The zero-order valence-corrected chi connectivity index (χ0v) is 11.1. The molecule has 0 radical (unpaired) electrons. The Balaban J connectivity index is 2.76. The van der Waals surface area contributed by atoms with E-state index in [1.54, 1.807) is 27.9 Å². The molecule has 0 spiro atoms. The van der Waals surface area contributed by atoms with Gasteiger partial charge >= 0.3 is 6.09 Å². The van der Waals surface area contributed by atoms with Gasteiger partial charge in [0.15, 0.2) is 5.78 Å². The van der Waals surface area contributed by atoms with Gasteiger partial charge in [-0.3, -0.25) is 9.69 Å². The minimum Gasteiger partial charge on any atom is -0.444 e. The highest BCUT2D eigenvalue weighted by molar-refractivity contribution is 5.86. The second-order valence-corrected chi connectivity index (χ2v) is 5.29. The third kappa shape index (κ3) is 3.43. The number of hydrogen-bond acceptors (Lipinski definition) is 4. The van der Waals surface area contributed by atoms with Gasteiger partial charge in [0.25, 0.3) is 0 Å². The van der Waals surface area contributed by atoms with Crippen LogP contribution in [0.2, 0.25) is 0 Å². The molecule has 0 N–H and O–H groups in total. The fraction of sp³-hybridized carbons (Fsp3) is 0.833. The summed E-state index contributed by atoms with van der Waals surface area (Å²) in [5.74, 6) is -0.0693. The molecule has 1 rings (SSSR count). The zero-order chi connectivity index (χ0) is 13.2. The summed E-state index contributed by atoms with van der Waals surface area (Å²) in [5.41, 5.74) is -0.552. The zero-order valence-electron chi connectivity index (χ0n) is 11.1. The molecule has 1 saturated heterocycles. The van der Waals surface area contributed by atoms with Crippen molar-refractivity contribution in [3.8, 4) is 0 Å². The second kappa shape index (κ2) is 5.04. The summed E-state index contributed by atoms with van der Waals surface area (Å²) >= 11 is 0. The molecule has 0 aromatic heterocycles. The van der Waals surface area contributed by atoms with Crippen LogP contribution in [0.4, 0.5) is 4.79 Å². The van der Waals surface area contributed by atoms with Crippen LogP contribution < -0.4 is 0 Å². The van der Waals surface area contributed by atoms with Crippen molar-refractivity contribution in [1.29, 1.82) is 0 Å². The van der Waals surface area contributed by atoms with Gasteiger partial charge in [-0.25, -0.2) is 4.79 Å². The Labute approximate surface area is 102 Å². The third-order valence-corrected chi connectivity index (χ3v) is 2.69. The number of methoxy groups -OCH3 is 1. The number of hydrogen-bond donors (Lipinski definition) is 0. The Hall–Kier alpha value is -1.10. The van der Waals surface area contributed by atoms with Gasteiger partial charge in [0.05, 0.1) is 6.10 Å². The van der Waals surface area contributed by atoms with E-state index in [0.29, 0.717) is 13.0 Å². The molecular weight excluding hydrogens is 222 g/mol. The SMILES string of the molecule is CO[C@H]1CCN(C(=O)OC(C)(C)C)[C@@H]1C(C)=O. The van der Waals surface area contributed by atoms with Crippen molar-refractivity contribution < 1.29 is 19.1 Å². The number of Topliss-reactive ketones (excluding diaryl/α,β-unsaturated/α-hetero) is 1. The van der Waals surface area contributed by atoms with Crippen LogP contribution in [-0.4, -0.2) is 48.2 Å². The van der Waals surface area contributed by atoms with Gasteiger partial charge < -0.3 is 9.47 Å². The maximum absolute atomic E-state index is 11.9. The number of carbonyl (C=O) groups is 2. The lowest BCUT2D eigenvalue weighted by molar-refractivity contribution is -0.124. The number of ketones is 1. The van der Waals surface area contributed by atoms with Gasteiger partial charge in [-0.05, 0) is 34.1 Å². The molecule has 5 nitrogen and oxygen atoms in total. The highest BCUT2D eigenvalue weighted by Crippen LogP contribution is 2.23. The lowest BCUT2D eigenvalue weighted by atomic mass is 10.1. The average molecular weight is 243 g/mol. The summed E-state index contributed by atoms with van der Waals surface area (Å²) in [7, 11) is 1.55. The quantitative estimate of drug-likeness (QED) is 0.739. The van der Waals surface area contributed by atoms with E-state index >= 15 is 0 Å². The fourth-order valence-corrected chi connectivity index (χ4v) is 2.02. The van der Waals surface area contributed by atoms with Crippen molar-refractivity contribution in [3.63, 3.8) is 0 Å². The number of carbonyl (C=O) groups excluding carboxylic acids is 2. The summed E-state index contributed by atoms with van der Waals surface area (Å²) < 4.78 is 10.5. The standard InChI is InChI=1S/C12H21NO4/c1-8(14)10-9(16-5)6-7-13(10)11(15)17-12(2,3)4/h9-10H,6-7H2,1-5H3/t9-,10+/m0/s1. The van der Waals surface area contributed by atoms with E-state index in [-0.39, 0.29) is 11.9 Å². The second-order valence-electron chi connectivity index (χ2n) is 5.29. The molecule has 1 fully saturated rings. The summed E-state index contributed by atoms with van der Waals surface area (Å²) in [6, 6.07) is -0.519. The van der Waals surface area contributed by atoms with Gasteiger partial charge in [0.2, 0.25) is 0 Å². The van der Waals surface area contributed by atoms with Gasteiger partial charge in [-0.1, -0.05) is 0 Å². The first kappa shape index (κ1) is 14.0. The number of ether oxygens (including phenoxy) is 2. The highest BCUT2D eigenvalue weighted by atomic mass is 16.6. The normalized spacial score (nSPS) is 24.9. The van der Waals surface area contributed by atoms with Crippen LogP contribution in [-0.2, 0) is 14.3 Å². The maximum atomic E-state index is 11.9. The molecule has 98 valence electrons. The summed E-state index contributed by atoms with van der Waals surface area (Å²) in [6.45, 7) is 7.38. The fourth-order valence-electron chi connectivity index (χ4n) is 2.02. The first-order valence-corrected chi connectivity index (χ1v) is 5.79. The van der Waals surface area contributed by atoms with Gasteiger partial charge in [-0.15, -0.1) is 0 Å². The van der Waals surface area contributed by atoms with Crippen LogP contribution in [0.3, 0.4) is 0 Å². The molecule has 0 unspecified atom stereocenters. The average Bonchev–Trinajstić information content (AvgIpc) is 2.57. The van der Waals surface area contributed by atoms with E-state index in [0.717, 1.165) is 0 Å². The van der Waals surface area contributed by atoms with E-state index in [1.165, 1.54) is 11.8 Å². The molecule has 1 aliphatic heterocycles. The predicted molar refractivity (Wildman–Crippen MR) is 62.8 cm³/mol. The molecule has 2 atom stereocenters. The van der Waals surface area contributed by atoms with Crippen molar-refractivity contribution in [2.45, 2.75) is 51.9 Å². The Morgan fingerprint density at radius 3 is 2.29 bits per heavy atom. The van der Waals surface area contributed by atoms with Crippen molar-refractivity contribution >= 4 is 11.9 Å². The number of amides is 1. The van der Waals surface area contributed by atoms with Crippen LogP contribution in [0.15, 0.2) is 0 Å². The Bertz CT molecular complexity index is 308. The molecule has 0 aliphatic carbocycles. The molecule has 17 heavy (non-hydrogen) atoms. The molecular formula is C12H21NO4. The molecule has 0 aromatic rings. The molecule has 1 amide bonds. The first-order chi connectivity index (χ1) is 7.76. The Kier molecular flexibility index (Phi) is 4.14. The molecule has 1 heterocycles. The molecule has 5 heteroatoms. The minimum absolute atomic E-state index is 0.0693. The number of nitrogens with zero attached hydrogens (tertiary/aromatic N) is 1. The van der Waals surface area contributed by atoms with Crippen molar-refractivity contribution in [1.82, 2.24) is 4.90 Å². The number of rotatable bonds is 2. The minimum atomic E-state index is -0.552. The number of likely N-dealkylation sites (tertiary alicyclic amines) is 1. The van der Waals surface area contributed by atoms with Crippen LogP contribution in [0.25, 0.3) is 0 Å². The topological polar surface area (TPSA) is 55.8 Å². The van der Waals surface area contributed by atoms with E-state index in [4.69, 9.17) is 9.47 Å². The third-order valence-electron chi connectivity index (χ3n) is 2.69. The summed E-state index contributed by atoms with van der Waals surface area (Å²) in [4.78, 5) is 25.0. The first-order valence-electron chi connectivity index (χ1n) is 5.79. The maximum Gasteiger partial charge on any atom is 0.410 e. The Morgan fingerprint density at radius 2 is 1.88 bits per heavy atom. The van der Waals surface area contributed by atoms with Gasteiger partial charge in [0, 0.05) is 13.7 Å².